The van der Waals surface area contributed by atoms with Crippen LogP contribution < -0.4 is 20.1 Å². The predicted molar refractivity (Wildman–Crippen MR) is 92.7 cm³/mol. The van der Waals surface area contributed by atoms with Crippen molar-refractivity contribution in [3.05, 3.63) is 36.0 Å². The number of nitrogens with zero attached hydrogens (tertiary/aromatic N) is 2. The van der Waals surface area contributed by atoms with Gasteiger partial charge in [0.05, 0.1) is 6.20 Å². The Morgan fingerprint density at radius 2 is 2.17 bits per heavy atom. The van der Waals surface area contributed by atoms with Crippen LogP contribution in [0.15, 0.2) is 30.5 Å². The average Bonchev–Trinajstić information content (AvgIpc) is 3.22. The van der Waals surface area contributed by atoms with Gasteiger partial charge in [-0.05, 0) is 17.7 Å². The van der Waals surface area contributed by atoms with Crippen molar-refractivity contribution in [3.8, 4) is 11.5 Å². The first-order valence-electron chi connectivity index (χ1n) is 8.48. The summed E-state index contributed by atoms with van der Waals surface area (Å²) in [5.74, 6) is 3.35. The molecule has 1 aromatic heterocycles. The van der Waals surface area contributed by atoms with Gasteiger partial charge in [0.25, 0.3) is 0 Å². The molecule has 0 amide bonds. The van der Waals surface area contributed by atoms with Crippen LogP contribution in [-0.4, -0.2) is 36.2 Å². The smallest absolute Gasteiger partial charge is 0.231 e. The van der Waals surface area contributed by atoms with Gasteiger partial charge in [-0.25, -0.2) is 4.68 Å². The molecule has 0 saturated carbocycles. The first-order chi connectivity index (χ1) is 11.6. The van der Waals surface area contributed by atoms with Crippen molar-refractivity contribution < 1.29 is 9.47 Å². The van der Waals surface area contributed by atoms with Crippen molar-refractivity contribution >= 4 is 5.82 Å². The monoisotopic (exact) mass is 328 g/mol. The predicted octanol–water partition coefficient (Wildman–Crippen LogP) is 2.22. The first kappa shape index (κ1) is 15.3. The average molecular weight is 328 g/mol. The summed E-state index contributed by atoms with van der Waals surface area (Å²) >= 11 is 0. The number of benzene rings is 1. The molecule has 0 fully saturated rings. The van der Waals surface area contributed by atoms with Crippen LogP contribution in [0, 0.1) is 5.92 Å². The molecule has 128 valence electrons. The number of fused-ring (bicyclic) bond motifs is 2. The Morgan fingerprint density at radius 3 is 3.08 bits per heavy atom. The third kappa shape index (κ3) is 2.94. The van der Waals surface area contributed by atoms with E-state index in [1.807, 2.05) is 23.0 Å². The minimum absolute atomic E-state index is 0.0277. The minimum Gasteiger partial charge on any atom is -0.454 e. The van der Waals surface area contributed by atoms with Crippen LogP contribution in [-0.2, 0) is 12.0 Å². The van der Waals surface area contributed by atoms with Crippen LogP contribution in [0.3, 0.4) is 0 Å². The van der Waals surface area contributed by atoms with Crippen LogP contribution in [0.25, 0.3) is 0 Å². The van der Waals surface area contributed by atoms with Crippen molar-refractivity contribution in [1.29, 1.82) is 0 Å². The fourth-order valence-corrected chi connectivity index (χ4v) is 3.33. The largest absolute Gasteiger partial charge is 0.454 e. The number of aromatic nitrogens is 2. The number of hydrogen-bond acceptors (Lipinski definition) is 5. The SMILES string of the molecule is CC(C)(CNC[C@@H]1CNc2ccnn2C1)c1ccc2c(c1)OCO2. The Hall–Kier alpha value is -2.21. The lowest BCUT2D eigenvalue weighted by molar-refractivity contribution is 0.174. The Labute approximate surface area is 142 Å². The molecular formula is C18H24N4O2. The highest BCUT2D eigenvalue weighted by atomic mass is 16.7. The summed E-state index contributed by atoms with van der Waals surface area (Å²) in [6.07, 6.45) is 1.85. The van der Waals surface area contributed by atoms with Gasteiger partial charge in [-0.3, -0.25) is 0 Å². The van der Waals surface area contributed by atoms with Crippen molar-refractivity contribution in [2.45, 2.75) is 25.8 Å². The molecule has 2 N–H and O–H groups in total. The molecule has 2 aliphatic heterocycles. The van der Waals surface area contributed by atoms with Gasteiger partial charge in [-0.15, -0.1) is 0 Å². The van der Waals surface area contributed by atoms with E-state index in [0.29, 0.717) is 12.7 Å². The summed E-state index contributed by atoms with van der Waals surface area (Å²) in [7, 11) is 0. The van der Waals surface area contributed by atoms with E-state index in [1.165, 1.54) is 5.56 Å². The summed E-state index contributed by atoms with van der Waals surface area (Å²) in [6, 6.07) is 8.26. The lowest BCUT2D eigenvalue weighted by Gasteiger charge is -2.29. The number of ether oxygens (including phenoxy) is 2. The Bertz CT molecular complexity index is 726. The maximum atomic E-state index is 5.50. The topological polar surface area (TPSA) is 60.3 Å². The summed E-state index contributed by atoms with van der Waals surface area (Å²) in [5.41, 5.74) is 1.29. The number of nitrogens with one attached hydrogen (secondary N) is 2. The van der Waals surface area contributed by atoms with Crippen LogP contribution >= 0.6 is 0 Å². The van der Waals surface area contributed by atoms with Gasteiger partial charge in [0, 0.05) is 43.6 Å². The lowest BCUT2D eigenvalue weighted by Crippen LogP contribution is -2.40. The molecule has 0 unspecified atom stereocenters. The molecule has 4 rings (SSSR count). The third-order valence-electron chi connectivity index (χ3n) is 4.87. The molecular weight excluding hydrogens is 304 g/mol. The Balaban J connectivity index is 1.33. The van der Waals surface area contributed by atoms with Crippen LogP contribution in [0.5, 0.6) is 11.5 Å². The second kappa shape index (κ2) is 6.02. The number of anilines is 1. The zero-order chi connectivity index (χ0) is 16.6. The van der Waals surface area contributed by atoms with Crippen molar-refractivity contribution in [2.24, 2.45) is 5.92 Å². The number of hydrogen-bond donors (Lipinski definition) is 2. The molecule has 1 aromatic carbocycles. The van der Waals surface area contributed by atoms with Crippen molar-refractivity contribution in [3.63, 3.8) is 0 Å². The molecule has 0 saturated heterocycles. The van der Waals surface area contributed by atoms with Crippen molar-refractivity contribution in [2.75, 3.05) is 31.7 Å². The molecule has 3 heterocycles. The van der Waals surface area contributed by atoms with Crippen LogP contribution in [0.2, 0.25) is 0 Å². The van der Waals surface area contributed by atoms with Crippen LogP contribution in [0.4, 0.5) is 5.82 Å². The van der Waals surface area contributed by atoms with Gasteiger partial charge in [0.2, 0.25) is 6.79 Å². The zero-order valence-corrected chi connectivity index (χ0v) is 14.2. The Kier molecular flexibility index (Phi) is 3.84. The van der Waals surface area contributed by atoms with E-state index < -0.39 is 0 Å². The summed E-state index contributed by atoms with van der Waals surface area (Å²) in [5, 5.41) is 11.4. The quantitative estimate of drug-likeness (QED) is 0.881. The highest BCUT2D eigenvalue weighted by Crippen LogP contribution is 2.36. The zero-order valence-electron chi connectivity index (χ0n) is 14.2. The molecule has 0 spiro atoms. The highest BCUT2D eigenvalue weighted by molar-refractivity contribution is 5.46. The molecule has 2 aromatic rings. The first-order valence-corrected chi connectivity index (χ1v) is 8.48. The second-order valence-corrected chi connectivity index (χ2v) is 7.23. The van der Waals surface area contributed by atoms with Gasteiger partial charge in [0.1, 0.15) is 5.82 Å². The van der Waals surface area contributed by atoms with Gasteiger partial charge in [0.15, 0.2) is 11.5 Å². The third-order valence-corrected chi connectivity index (χ3v) is 4.87. The molecule has 6 nitrogen and oxygen atoms in total. The molecule has 6 heteroatoms. The summed E-state index contributed by atoms with van der Waals surface area (Å²) in [4.78, 5) is 0. The van der Waals surface area contributed by atoms with E-state index in [0.717, 1.165) is 43.5 Å². The van der Waals surface area contributed by atoms with E-state index in [2.05, 4.69) is 41.7 Å². The van der Waals surface area contributed by atoms with E-state index in [4.69, 9.17) is 9.47 Å². The molecule has 2 aliphatic rings. The molecule has 0 radical (unpaired) electrons. The van der Waals surface area contributed by atoms with E-state index in [1.54, 1.807) is 0 Å². The van der Waals surface area contributed by atoms with Gasteiger partial charge >= 0.3 is 0 Å². The second-order valence-electron chi connectivity index (χ2n) is 7.23. The fourth-order valence-electron chi connectivity index (χ4n) is 3.33. The summed E-state index contributed by atoms with van der Waals surface area (Å²) in [6.45, 7) is 8.66. The normalized spacial score (nSPS) is 19.0. The van der Waals surface area contributed by atoms with Crippen molar-refractivity contribution in [1.82, 2.24) is 15.1 Å². The van der Waals surface area contributed by atoms with E-state index >= 15 is 0 Å². The minimum atomic E-state index is 0.0277. The lowest BCUT2D eigenvalue weighted by atomic mass is 9.84. The fraction of sp³-hybridized carbons (Fsp3) is 0.500. The molecule has 24 heavy (non-hydrogen) atoms. The maximum Gasteiger partial charge on any atom is 0.231 e. The molecule has 1 atom stereocenters. The maximum absolute atomic E-state index is 5.50. The van der Waals surface area contributed by atoms with E-state index in [-0.39, 0.29) is 5.41 Å². The van der Waals surface area contributed by atoms with Gasteiger partial charge in [-0.1, -0.05) is 19.9 Å². The Morgan fingerprint density at radius 1 is 1.29 bits per heavy atom. The summed E-state index contributed by atoms with van der Waals surface area (Å²) < 4.78 is 12.9. The molecule has 0 aliphatic carbocycles. The highest BCUT2D eigenvalue weighted by Gasteiger charge is 2.25. The standard InChI is InChI=1S/C18H24N4O2/c1-18(2,14-3-4-15-16(7-14)24-12-23-15)11-19-8-13-9-20-17-5-6-21-22(17)10-13/h3-7,13,19-20H,8-12H2,1-2H3/t13-/m1/s1. The van der Waals surface area contributed by atoms with Gasteiger partial charge in [-0.2, -0.15) is 5.10 Å². The number of rotatable bonds is 5. The molecule has 0 bridgehead atoms. The van der Waals surface area contributed by atoms with Gasteiger partial charge < -0.3 is 20.1 Å². The van der Waals surface area contributed by atoms with E-state index in [9.17, 15) is 0 Å². The van der Waals surface area contributed by atoms with Crippen LogP contribution in [0.1, 0.15) is 19.4 Å².